The lowest BCUT2D eigenvalue weighted by molar-refractivity contribution is -0.206. The van der Waals surface area contributed by atoms with E-state index in [1.165, 1.54) is 24.3 Å². The Morgan fingerprint density at radius 2 is 1.33 bits per heavy atom. The summed E-state index contributed by atoms with van der Waals surface area (Å²) in [7, 11) is 1.70. The Kier molecular flexibility index (Phi) is 15.6. The third kappa shape index (κ3) is 12.5. The lowest BCUT2D eigenvalue weighted by atomic mass is 10.0. The molecule has 250 valence electrons. The van der Waals surface area contributed by atoms with Crippen molar-refractivity contribution in [2.24, 2.45) is 0 Å². The topological polar surface area (TPSA) is 80.3 Å². The molecule has 3 aromatic carbocycles. The average Bonchev–Trinajstić information content (AvgIpc) is 3.05. The van der Waals surface area contributed by atoms with Crippen LogP contribution in [0, 0.1) is 0 Å². The number of rotatable bonds is 20. The summed E-state index contributed by atoms with van der Waals surface area (Å²) in [6, 6.07) is 19.9. The Morgan fingerprint density at radius 1 is 0.717 bits per heavy atom. The second kappa shape index (κ2) is 19.6. The third-order valence-corrected chi connectivity index (χ3v) is 7.20. The van der Waals surface area contributed by atoms with Crippen LogP contribution in [0.15, 0.2) is 72.8 Å². The van der Waals surface area contributed by atoms with Gasteiger partial charge in [0, 0.05) is 26.9 Å². The van der Waals surface area contributed by atoms with Gasteiger partial charge in [0.15, 0.2) is 6.10 Å². The van der Waals surface area contributed by atoms with Crippen LogP contribution in [0.1, 0.15) is 79.0 Å². The van der Waals surface area contributed by atoms with Crippen molar-refractivity contribution >= 4 is 11.9 Å². The fraction of sp³-hybridized carbons (Fsp3) is 0.444. The van der Waals surface area contributed by atoms with E-state index in [1.807, 2.05) is 31.2 Å². The number of methoxy groups -OCH3 is 1. The molecule has 0 radical (unpaired) electrons. The Labute approximate surface area is 269 Å². The van der Waals surface area contributed by atoms with Crippen molar-refractivity contribution in [1.29, 1.82) is 0 Å². The van der Waals surface area contributed by atoms with E-state index in [4.69, 9.17) is 23.7 Å². The molecule has 0 aliphatic rings. The molecule has 0 spiro atoms. The van der Waals surface area contributed by atoms with Gasteiger partial charge in [-0.3, -0.25) is 0 Å². The van der Waals surface area contributed by atoms with Crippen molar-refractivity contribution in [2.75, 3.05) is 33.5 Å². The Bertz CT molecular complexity index is 1320. The van der Waals surface area contributed by atoms with Gasteiger partial charge in [-0.15, -0.1) is 0 Å². The lowest BCUT2D eigenvalue weighted by Crippen LogP contribution is -2.34. The Hall–Kier alpha value is -3.89. The molecule has 0 bridgehead atoms. The van der Waals surface area contributed by atoms with Crippen LogP contribution < -0.4 is 9.47 Å². The first kappa shape index (κ1) is 36.6. The van der Waals surface area contributed by atoms with Crippen molar-refractivity contribution in [3.63, 3.8) is 0 Å². The number of hydrogen-bond acceptors (Lipinski definition) is 7. The van der Waals surface area contributed by atoms with E-state index in [9.17, 15) is 22.8 Å². The first-order valence-electron chi connectivity index (χ1n) is 15.7. The highest BCUT2D eigenvalue weighted by Gasteiger charge is 2.42. The van der Waals surface area contributed by atoms with Gasteiger partial charge in [0.1, 0.15) is 17.1 Å². The number of carbonyl (C=O) groups excluding carboxylic acids is 2. The van der Waals surface area contributed by atoms with Crippen molar-refractivity contribution < 1.29 is 46.4 Å². The van der Waals surface area contributed by atoms with E-state index in [-0.39, 0.29) is 29.7 Å². The maximum absolute atomic E-state index is 13.6. The van der Waals surface area contributed by atoms with Gasteiger partial charge in [-0.2, -0.15) is 13.2 Å². The Morgan fingerprint density at radius 3 is 1.98 bits per heavy atom. The summed E-state index contributed by atoms with van der Waals surface area (Å²) in [5.41, 5.74) is 1.72. The number of hydrogen-bond donors (Lipinski definition) is 0. The zero-order chi connectivity index (χ0) is 33.2. The number of ether oxygens (including phenoxy) is 5. The molecule has 0 N–H and O–H groups in total. The summed E-state index contributed by atoms with van der Waals surface area (Å²) in [5.74, 6) is -1.40. The van der Waals surface area contributed by atoms with Crippen LogP contribution in [-0.2, 0) is 14.2 Å². The number of esters is 2. The van der Waals surface area contributed by atoms with Crippen molar-refractivity contribution in [3.05, 3.63) is 83.9 Å². The van der Waals surface area contributed by atoms with Gasteiger partial charge in [0.2, 0.25) is 0 Å². The molecule has 0 aromatic heterocycles. The highest BCUT2D eigenvalue weighted by Crippen LogP contribution is 2.30. The van der Waals surface area contributed by atoms with Crippen molar-refractivity contribution in [3.8, 4) is 22.6 Å². The zero-order valence-electron chi connectivity index (χ0n) is 26.5. The first-order chi connectivity index (χ1) is 22.2. The van der Waals surface area contributed by atoms with Gasteiger partial charge < -0.3 is 23.7 Å². The summed E-state index contributed by atoms with van der Waals surface area (Å²) in [6.07, 6.45) is -1.84. The van der Waals surface area contributed by atoms with Gasteiger partial charge in [-0.1, -0.05) is 49.2 Å². The van der Waals surface area contributed by atoms with Crippen LogP contribution in [-0.4, -0.2) is 57.8 Å². The van der Waals surface area contributed by atoms with Crippen LogP contribution in [0.4, 0.5) is 13.2 Å². The van der Waals surface area contributed by atoms with Gasteiger partial charge in [-0.05, 0) is 93.0 Å². The van der Waals surface area contributed by atoms with E-state index in [0.717, 1.165) is 49.2 Å². The predicted molar refractivity (Wildman–Crippen MR) is 169 cm³/mol. The van der Waals surface area contributed by atoms with E-state index < -0.39 is 24.2 Å². The van der Waals surface area contributed by atoms with Gasteiger partial charge in [0.25, 0.3) is 0 Å². The fourth-order valence-electron chi connectivity index (χ4n) is 4.65. The van der Waals surface area contributed by atoms with E-state index in [1.54, 1.807) is 31.4 Å². The summed E-state index contributed by atoms with van der Waals surface area (Å²) >= 11 is 0. The molecule has 0 heterocycles. The SMILES string of the molecule is CCOCCCCC[C@@H](OC(=O)c1ccccc1OC(=O)c1ccc(-c2ccc(OCCCCCCOC)cc2)cc1)C(F)(F)F. The van der Waals surface area contributed by atoms with Crippen LogP contribution in [0.2, 0.25) is 0 Å². The Balaban J connectivity index is 1.56. The first-order valence-corrected chi connectivity index (χ1v) is 15.7. The molecule has 46 heavy (non-hydrogen) atoms. The fourth-order valence-corrected chi connectivity index (χ4v) is 4.65. The maximum atomic E-state index is 13.6. The van der Waals surface area contributed by atoms with Gasteiger partial charge in [-0.25, -0.2) is 9.59 Å². The minimum atomic E-state index is -4.74. The van der Waals surface area contributed by atoms with Crippen molar-refractivity contribution in [1.82, 2.24) is 0 Å². The largest absolute Gasteiger partial charge is 0.494 e. The lowest BCUT2D eigenvalue weighted by Gasteiger charge is -2.21. The number of para-hydroxylation sites is 1. The molecule has 0 saturated carbocycles. The number of halogens is 3. The number of benzene rings is 3. The zero-order valence-corrected chi connectivity index (χ0v) is 26.5. The summed E-state index contributed by atoms with van der Waals surface area (Å²) < 4.78 is 67.3. The molecule has 1 atom stereocenters. The van der Waals surface area contributed by atoms with Crippen LogP contribution in [0.25, 0.3) is 11.1 Å². The minimum Gasteiger partial charge on any atom is -0.494 e. The second-order valence-electron chi connectivity index (χ2n) is 10.7. The van der Waals surface area contributed by atoms with E-state index >= 15 is 0 Å². The smallest absolute Gasteiger partial charge is 0.425 e. The quantitative estimate of drug-likeness (QED) is 0.0691. The monoisotopic (exact) mass is 644 g/mol. The molecule has 0 amide bonds. The van der Waals surface area contributed by atoms with Gasteiger partial charge in [0.05, 0.1) is 12.2 Å². The van der Waals surface area contributed by atoms with Gasteiger partial charge >= 0.3 is 18.1 Å². The average molecular weight is 645 g/mol. The molecule has 0 aliphatic carbocycles. The van der Waals surface area contributed by atoms with Crippen LogP contribution in [0.5, 0.6) is 11.5 Å². The highest BCUT2D eigenvalue weighted by molar-refractivity contribution is 5.96. The number of alkyl halides is 3. The standard InChI is InChI=1S/C36H43F3O7/c1-3-43-25-11-6-7-15-33(36(37,38)39)46-35(41)31-13-8-9-14-32(31)45-34(40)29-18-16-27(17-19-29)28-20-22-30(23-21-28)44-26-12-5-4-10-24-42-2/h8-9,13-14,16-23,33H,3-7,10-12,15,24-26H2,1-2H3/t33-/m1/s1. The minimum absolute atomic E-state index is 0.190. The summed E-state index contributed by atoms with van der Waals surface area (Å²) in [5, 5.41) is 0. The van der Waals surface area contributed by atoms with Crippen LogP contribution in [0.3, 0.4) is 0 Å². The van der Waals surface area contributed by atoms with Crippen molar-refractivity contribution in [2.45, 2.75) is 70.6 Å². The second-order valence-corrected chi connectivity index (χ2v) is 10.7. The predicted octanol–water partition coefficient (Wildman–Crippen LogP) is 8.84. The molecule has 0 unspecified atom stereocenters. The summed E-state index contributed by atoms with van der Waals surface area (Å²) in [4.78, 5) is 25.7. The molecule has 0 fully saturated rings. The van der Waals surface area contributed by atoms with Crippen LogP contribution >= 0.6 is 0 Å². The van der Waals surface area contributed by atoms with E-state index in [0.29, 0.717) is 32.7 Å². The molecule has 0 aliphatic heterocycles. The third-order valence-electron chi connectivity index (χ3n) is 7.20. The molecule has 7 nitrogen and oxygen atoms in total. The molecule has 10 heteroatoms. The van der Waals surface area contributed by atoms with E-state index in [2.05, 4.69) is 0 Å². The maximum Gasteiger partial charge on any atom is 0.425 e. The molecule has 0 saturated heterocycles. The molecular formula is C36H43F3O7. The normalized spacial score (nSPS) is 12.0. The highest BCUT2D eigenvalue weighted by atomic mass is 19.4. The molecular weight excluding hydrogens is 601 g/mol. The molecule has 3 rings (SSSR count). The summed E-state index contributed by atoms with van der Waals surface area (Å²) in [6.45, 7) is 4.27. The number of unbranched alkanes of at least 4 members (excludes halogenated alkanes) is 5. The number of carbonyl (C=O) groups is 2. The molecule has 3 aromatic rings.